The highest BCUT2D eigenvalue weighted by Gasteiger charge is 2.26. The van der Waals surface area contributed by atoms with Crippen LogP contribution < -0.4 is 15.4 Å². The number of nitrogens with zero attached hydrogens (tertiary/aromatic N) is 2. The third-order valence-electron chi connectivity index (χ3n) is 5.17. The molecule has 28 heavy (non-hydrogen) atoms. The van der Waals surface area contributed by atoms with Gasteiger partial charge in [-0.1, -0.05) is 36.4 Å². The molecule has 1 saturated heterocycles. The van der Waals surface area contributed by atoms with Crippen molar-refractivity contribution in [1.29, 1.82) is 0 Å². The summed E-state index contributed by atoms with van der Waals surface area (Å²) in [5.74, 6) is 1.34. The predicted octanol–water partition coefficient (Wildman–Crippen LogP) is 3.34. The third kappa shape index (κ3) is 5.01. The predicted molar refractivity (Wildman–Crippen MR) is 111 cm³/mol. The molecule has 2 N–H and O–H groups in total. The van der Waals surface area contributed by atoms with Crippen LogP contribution in [0.1, 0.15) is 30.0 Å². The molecule has 150 valence electrons. The lowest BCUT2D eigenvalue weighted by atomic mass is 10.0. The van der Waals surface area contributed by atoms with Crippen LogP contribution in [-0.4, -0.2) is 44.7 Å². The summed E-state index contributed by atoms with van der Waals surface area (Å²) in [4.78, 5) is 6.77. The molecule has 0 radical (unpaired) electrons. The molecule has 0 aromatic heterocycles. The second kappa shape index (κ2) is 10.1. The highest BCUT2D eigenvalue weighted by Crippen LogP contribution is 2.31. The van der Waals surface area contributed by atoms with Gasteiger partial charge in [0.15, 0.2) is 5.96 Å². The number of hydrogen-bond acceptors (Lipinski definition) is 3. The van der Waals surface area contributed by atoms with Gasteiger partial charge < -0.3 is 15.4 Å². The van der Waals surface area contributed by atoms with Crippen LogP contribution in [0.4, 0.5) is 4.39 Å². The molecule has 0 bridgehead atoms. The fourth-order valence-corrected chi connectivity index (χ4v) is 3.67. The first-order chi connectivity index (χ1) is 13.7. The average molecular weight is 384 g/mol. The van der Waals surface area contributed by atoms with Crippen LogP contribution in [0.3, 0.4) is 0 Å². The van der Waals surface area contributed by atoms with Crippen LogP contribution in [0, 0.1) is 5.82 Å². The Labute approximate surface area is 166 Å². The Kier molecular flexibility index (Phi) is 7.25. The summed E-state index contributed by atoms with van der Waals surface area (Å²) in [6, 6.07) is 15.1. The minimum Gasteiger partial charge on any atom is -0.496 e. The molecule has 1 aliphatic rings. The minimum absolute atomic E-state index is 0.186. The zero-order valence-electron chi connectivity index (χ0n) is 16.6. The van der Waals surface area contributed by atoms with Gasteiger partial charge in [-0.25, -0.2) is 4.39 Å². The highest BCUT2D eigenvalue weighted by molar-refractivity contribution is 5.79. The molecule has 6 heteroatoms. The maximum Gasteiger partial charge on any atom is 0.191 e. The van der Waals surface area contributed by atoms with Crippen molar-refractivity contribution in [1.82, 2.24) is 15.5 Å². The molecule has 5 nitrogen and oxygen atoms in total. The maximum atomic E-state index is 13.8. The van der Waals surface area contributed by atoms with Gasteiger partial charge in [-0.05, 0) is 38.1 Å². The average Bonchev–Trinajstić information content (AvgIpc) is 3.26. The molecule has 3 rings (SSSR count). The Bertz CT molecular complexity index is 790. The summed E-state index contributed by atoms with van der Waals surface area (Å²) in [6.07, 6.45) is 2.43. The minimum atomic E-state index is -0.214. The quantitative estimate of drug-likeness (QED) is 0.568. The Morgan fingerprint density at radius 3 is 2.54 bits per heavy atom. The van der Waals surface area contributed by atoms with Gasteiger partial charge in [0.05, 0.1) is 13.2 Å². The summed E-state index contributed by atoms with van der Waals surface area (Å²) in [6.45, 7) is 3.23. The number of aliphatic imine (C=N–C) groups is 1. The van der Waals surface area contributed by atoms with Crippen molar-refractivity contribution in [3.8, 4) is 5.75 Å². The van der Waals surface area contributed by atoms with Crippen LogP contribution in [-0.2, 0) is 6.54 Å². The first-order valence-electron chi connectivity index (χ1n) is 9.78. The number of guanidine groups is 1. The summed E-state index contributed by atoms with van der Waals surface area (Å²) in [5.41, 5.74) is 1.79. The second-order valence-electron chi connectivity index (χ2n) is 6.90. The van der Waals surface area contributed by atoms with E-state index in [0.29, 0.717) is 24.6 Å². The van der Waals surface area contributed by atoms with Gasteiger partial charge in [0, 0.05) is 31.3 Å². The Hall–Kier alpha value is -2.60. The molecule has 1 unspecified atom stereocenters. The van der Waals surface area contributed by atoms with E-state index in [0.717, 1.165) is 18.8 Å². The molecule has 1 atom stereocenters. The van der Waals surface area contributed by atoms with Crippen molar-refractivity contribution in [3.05, 3.63) is 65.5 Å². The largest absolute Gasteiger partial charge is 0.496 e. The lowest BCUT2D eigenvalue weighted by Crippen LogP contribution is -2.42. The normalized spacial score (nSPS) is 16.0. The molecule has 1 aliphatic heterocycles. The van der Waals surface area contributed by atoms with Crippen molar-refractivity contribution < 1.29 is 9.13 Å². The van der Waals surface area contributed by atoms with Crippen LogP contribution in [0.5, 0.6) is 5.75 Å². The van der Waals surface area contributed by atoms with E-state index in [1.807, 2.05) is 24.3 Å². The molecule has 0 amide bonds. The Morgan fingerprint density at radius 1 is 1.11 bits per heavy atom. The van der Waals surface area contributed by atoms with Gasteiger partial charge >= 0.3 is 0 Å². The summed E-state index contributed by atoms with van der Waals surface area (Å²) in [5, 5.41) is 6.61. The van der Waals surface area contributed by atoms with Gasteiger partial charge in [-0.2, -0.15) is 0 Å². The van der Waals surface area contributed by atoms with Gasteiger partial charge in [0.25, 0.3) is 0 Å². The lowest BCUT2D eigenvalue weighted by Gasteiger charge is -2.30. The van der Waals surface area contributed by atoms with Gasteiger partial charge in [0.2, 0.25) is 0 Å². The number of rotatable bonds is 7. The first-order valence-corrected chi connectivity index (χ1v) is 9.78. The standard InChI is InChI=1S/C22H29FN4O/c1-24-22(25-15-17-9-3-5-11-19(17)23)26-16-20(27-13-7-8-14-27)18-10-4-6-12-21(18)28-2/h3-6,9-12,20H,7-8,13-16H2,1-2H3,(H2,24,25,26). The third-order valence-corrected chi connectivity index (χ3v) is 5.17. The molecular weight excluding hydrogens is 355 g/mol. The van der Waals surface area contributed by atoms with E-state index in [1.165, 1.54) is 24.5 Å². The van der Waals surface area contributed by atoms with E-state index in [-0.39, 0.29) is 11.9 Å². The van der Waals surface area contributed by atoms with Gasteiger partial charge in [-0.15, -0.1) is 0 Å². The summed E-state index contributed by atoms with van der Waals surface area (Å²) in [7, 11) is 3.44. The number of methoxy groups -OCH3 is 1. The lowest BCUT2D eigenvalue weighted by molar-refractivity contribution is 0.239. The van der Waals surface area contributed by atoms with Crippen molar-refractivity contribution >= 4 is 5.96 Å². The van der Waals surface area contributed by atoms with E-state index in [1.54, 1.807) is 26.3 Å². The second-order valence-corrected chi connectivity index (χ2v) is 6.90. The zero-order chi connectivity index (χ0) is 19.8. The number of halogens is 1. The molecule has 2 aromatic carbocycles. The van der Waals surface area contributed by atoms with E-state index >= 15 is 0 Å². The van der Waals surface area contributed by atoms with E-state index in [4.69, 9.17) is 4.74 Å². The van der Waals surface area contributed by atoms with Gasteiger partial charge in [0.1, 0.15) is 11.6 Å². The SMILES string of the molecule is CN=C(NCc1ccccc1F)NCC(c1ccccc1OC)N1CCCC1. The van der Waals surface area contributed by atoms with E-state index < -0.39 is 0 Å². The van der Waals surface area contributed by atoms with Crippen molar-refractivity contribution in [2.45, 2.75) is 25.4 Å². The van der Waals surface area contributed by atoms with E-state index in [9.17, 15) is 4.39 Å². The molecule has 1 fully saturated rings. The monoisotopic (exact) mass is 384 g/mol. The number of benzene rings is 2. The molecule has 2 aromatic rings. The highest BCUT2D eigenvalue weighted by atomic mass is 19.1. The van der Waals surface area contributed by atoms with Crippen molar-refractivity contribution in [2.75, 3.05) is 33.8 Å². The molecule has 0 aliphatic carbocycles. The molecule has 0 saturated carbocycles. The van der Waals surface area contributed by atoms with Crippen molar-refractivity contribution in [3.63, 3.8) is 0 Å². The Morgan fingerprint density at radius 2 is 1.82 bits per heavy atom. The van der Waals surface area contributed by atoms with Crippen LogP contribution >= 0.6 is 0 Å². The molecule has 1 heterocycles. The smallest absolute Gasteiger partial charge is 0.191 e. The number of ether oxygens (including phenoxy) is 1. The van der Waals surface area contributed by atoms with Crippen molar-refractivity contribution in [2.24, 2.45) is 4.99 Å². The first kappa shape index (κ1) is 20.1. The fourth-order valence-electron chi connectivity index (χ4n) is 3.67. The summed E-state index contributed by atoms with van der Waals surface area (Å²) >= 11 is 0. The topological polar surface area (TPSA) is 48.9 Å². The van der Waals surface area contributed by atoms with Crippen LogP contribution in [0.2, 0.25) is 0 Å². The molecule has 0 spiro atoms. The maximum absolute atomic E-state index is 13.8. The van der Waals surface area contributed by atoms with Gasteiger partial charge in [-0.3, -0.25) is 9.89 Å². The number of hydrogen-bond donors (Lipinski definition) is 2. The fraction of sp³-hybridized carbons (Fsp3) is 0.409. The zero-order valence-corrected chi connectivity index (χ0v) is 16.6. The van der Waals surface area contributed by atoms with E-state index in [2.05, 4.69) is 26.6 Å². The summed E-state index contributed by atoms with van der Waals surface area (Å²) < 4.78 is 19.4. The Balaban J connectivity index is 1.67. The number of para-hydroxylation sites is 1. The molecular formula is C22H29FN4O. The number of likely N-dealkylation sites (tertiary alicyclic amines) is 1. The number of nitrogens with one attached hydrogen (secondary N) is 2. The van der Waals surface area contributed by atoms with Crippen LogP contribution in [0.25, 0.3) is 0 Å². The van der Waals surface area contributed by atoms with Crippen LogP contribution in [0.15, 0.2) is 53.5 Å².